The van der Waals surface area contributed by atoms with Crippen molar-refractivity contribution in [3.63, 3.8) is 0 Å². The lowest BCUT2D eigenvalue weighted by Crippen LogP contribution is -2.07. The van der Waals surface area contributed by atoms with E-state index in [0.29, 0.717) is 11.6 Å². The first-order chi connectivity index (χ1) is 7.75. The van der Waals surface area contributed by atoms with Gasteiger partial charge in [0.25, 0.3) is 0 Å². The predicted octanol–water partition coefficient (Wildman–Crippen LogP) is 3.59. The SMILES string of the molecule is Fc1cc(Cl)cnc1NCCc1ccsc1. The number of hydrogen-bond donors (Lipinski definition) is 1. The van der Waals surface area contributed by atoms with Crippen molar-refractivity contribution in [1.29, 1.82) is 0 Å². The van der Waals surface area contributed by atoms with Crippen LogP contribution < -0.4 is 5.32 Å². The summed E-state index contributed by atoms with van der Waals surface area (Å²) < 4.78 is 13.3. The molecule has 0 aliphatic heterocycles. The van der Waals surface area contributed by atoms with Gasteiger partial charge in [0.05, 0.1) is 5.02 Å². The first-order valence-corrected chi connectivity index (χ1v) is 6.14. The maximum atomic E-state index is 13.3. The Hall–Kier alpha value is -1.13. The van der Waals surface area contributed by atoms with E-state index < -0.39 is 5.82 Å². The van der Waals surface area contributed by atoms with Gasteiger partial charge in [0, 0.05) is 12.7 Å². The molecule has 2 aromatic heterocycles. The molecule has 1 N–H and O–H groups in total. The van der Waals surface area contributed by atoms with Gasteiger partial charge in [-0.2, -0.15) is 11.3 Å². The standard InChI is InChI=1S/C11H10ClFN2S/c12-9-5-10(13)11(15-6-9)14-3-1-8-2-4-16-7-8/h2,4-7H,1,3H2,(H,14,15). The zero-order chi connectivity index (χ0) is 11.4. The molecule has 0 aliphatic rings. The van der Waals surface area contributed by atoms with Gasteiger partial charge in [-0.15, -0.1) is 0 Å². The van der Waals surface area contributed by atoms with Crippen LogP contribution in [0.3, 0.4) is 0 Å². The Labute approximate surface area is 102 Å². The monoisotopic (exact) mass is 256 g/mol. The van der Waals surface area contributed by atoms with Crippen molar-refractivity contribution < 1.29 is 4.39 Å². The maximum absolute atomic E-state index is 13.3. The first-order valence-electron chi connectivity index (χ1n) is 4.81. The van der Waals surface area contributed by atoms with Crippen molar-refractivity contribution in [2.24, 2.45) is 0 Å². The van der Waals surface area contributed by atoms with Gasteiger partial charge in [0.2, 0.25) is 0 Å². The van der Waals surface area contributed by atoms with Gasteiger partial charge < -0.3 is 5.32 Å². The van der Waals surface area contributed by atoms with Crippen molar-refractivity contribution in [3.8, 4) is 0 Å². The van der Waals surface area contributed by atoms with E-state index in [-0.39, 0.29) is 5.82 Å². The van der Waals surface area contributed by atoms with Crippen LogP contribution in [0.15, 0.2) is 29.1 Å². The van der Waals surface area contributed by atoms with E-state index in [4.69, 9.17) is 11.6 Å². The van der Waals surface area contributed by atoms with Crippen LogP contribution in [0.1, 0.15) is 5.56 Å². The third-order valence-electron chi connectivity index (χ3n) is 2.09. The number of anilines is 1. The summed E-state index contributed by atoms with van der Waals surface area (Å²) in [6.45, 7) is 0.655. The zero-order valence-corrected chi connectivity index (χ0v) is 9.98. The Kier molecular flexibility index (Phi) is 3.74. The van der Waals surface area contributed by atoms with Crippen molar-refractivity contribution in [3.05, 3.63) is 45.5 Å². The van der Waals surface area contributed by atoms with E-state index in [1.807, 2.05) is 5.38 Å². The fourth-order valence-electron chi connectivity index (χ4n) is 1.30. The van der Waals surface area contributed by atoms with Gasteiger partial charge in [-0.3, -0.25) is 0 Å². The molecule has 5 heteroatoms. The van der Waals surface area contributed by atoms with Crippen LogP contribution >= 0.6 is 22.9 Å². The van der Waals surface area contributed by atoms with Crippen molar-refractivity contribution >= 4 is 28.8 Å². The van der Waals surface area contributed by atoms with Crippen LogP contribution in [-0.4, -0.2) is 11.5 Å². The number of pyridine rings is 1. The molecule has 2 aromatic rings. The van der Waals surface area contributed by atoms with Crippen LogP contribution in [0.4, 0.5) is 10.2 Å². The third kappa shape index (κ3) is 2.93. The van der Waals surface area contributed by atoms with E-state index in [0.717, 1.165) is 6.42 Å². The summed E-state index contributed by atoms with van der Waals surface area (Å²) in [7, 11) is 0. The fourth-order valence-corrected chi connectivity index (χ4v) is 2.15. The molecule has 0 fully saturated rings. The first kappa shape index (κ1) is 11.4. The van der Waals surface area contributed by atoms with E-state index >= 15 is 0 Å². The summed E-state index contributed by atoms with van der Waals surface area (Å²) in [5.41, 5.74) is 1.24. The zero-order valence-electron chi connectivity index (χ0n) is 8.41. The average molecular weight is 257 g/mol. The second kappa shape index (κ2) is 5.27. The van der Waals surface area contributed by atoms with Gasteiger partial charge in [-0.1, -0.05) is 11.6 Å². The molecular weight excluding hydrogens is 247 g/mol. The number of halogens is 2. The Morgan fingerprint density at radius 1 is 1.50 bits per heavy atom. The summed E-state index contributed by atoms with van der Waals surface area (Å²) in [6.07, 6.45) is 2.28. The quantitative estimate of drug-likeness (QED) is 0.904. The smallest absolute Gasteiger partial charge is 0.166 e. The van der Waals surface area contributed by atoms with Gasteiger partial charge in [0.15, 0.2) is 11.6 Å². The van der Waals surface area contributed by atoms with Crippen molar-refractivity contribution in [2.75, 3.05) is 11.9 Å². The molecular formula is C11H10ClFN2S. The highest BCUT2D eigenvalue weighted by atomic mass is 35.5. The molecule has 0 saturated carbocycles. The van der Waals surface area contributed by atoms with Crippen LogP contribution in [0.5, 0.6) is 0 Å². The number of aromatic nitrogens is 1. The van der Waals surface area contributed by atoms with Crippen molar-refractivity contribution in [2.45, 2.75) is 6.42 Å². The normalized spacial score (nSPS) is 10.4. The van der Waals surface area contributed by atoms with E-state index in [2.05, 4.69) is 21.7 Å². The predicted molar refractivity (Wildman–Crippen MR) is 65.7 cm³/mol. The molecule has 2 rings (SSSR count). The minimum Gasteiger partial charge on any atom is -0.367 e. The van der Waals surface area contributed by atoms with Crippen LogP contribution in [0.2, 0.25) is 5.02 Å². The summed E-state index contributed by atoms with van der Waals surface area (Å²) >= 11 is 7.26. The lowest BCUT2D eigenvalue weighted by molar-refractivity contribution is 0.624. The average Bonchev–Trinajstić information content (AvgIpc) is 2.74. The molecule has 0 radical (unpaired) electrons. The largest absolute Gasteiger partial charge is 0.367 e. The van der Waals surface area contributed by atoms with E-state index in [1.165, 1.54) is 17.8 Å². The van der Waals surface area contributed by atoms with Crippen LogP contribution in [-0.2, 0) is 6.42 Å². The summed E-state index contributed by atoms with van der Waals surface area (Å²) in [5.74, 6) is -0.169. The Morgan fingerprint density at radius 3 is 3.06 bits per heavy atom. The molecule has 84 valence electrons. The molecule has 2 heterocycles. The highest BCUT2D eigenvalue weighted by molar-refractivity contribution is 7.07. The summed E-state index contributed by atoms with van der Waals surface area (Å²) in [5, 5.41) is 7.35. The van der Waals surface area contributed by atoms with Crippen LogP contribution in [0.25, 0.3) is 0 Å². The number of nitrogens with zero attached hydrogens (tertiary/aromatic N) is 1. The lowest BCUT2D eigenvalue weighted by Gasteiger charge is -2.05. The molecule has 0 amide bonds. The summed E-state index contributed by atoms with van der Waals surface area (Å²) in [6, 6.07) is 3.31. The number of rotatable bonds is 4. The fraction of sp³-hybridized carbons (Fsp3) is 0.182. The molecule has 0 bridgehead atoms. The van der Waals surface area contributed by atoms with E-state index in [1.54, 1.807) is 11.3 Å². The number of thiophene rings is 1. The lowest BCUT2D eigenvalue weighted by atomic mass is 10.2. The molecule has 16 heavy (non-hydrogen) atoms. The molecule has 0 unspecified atom stereocenters. The minimum absolute atomic E-state index is 0.250. The molecule has 0 aromatic carbocycles. The number of nitrogens with one attached hydrogen (secondary N) is 1. The van der Waals surface area contributed by atoms with Crippen LogP contribution in [0, 0.1) is 5.82 Å². The molecule has 0 spiro atoms. The summed E-state index contributed by atoms with van der Waals surface area (Å²) in [4.78, 5) is 3.88. The highest BCUT2D eigenvalue weighted by Crippen LogP contribution is 2.15. The number of hydrogen-bond acceptors (Lipinski definition) is 3. The van der Waals surface area contributed by atoms with Gasteiger partial charge in [0.1, 0.15) is 0 Å². The molecule has 0 saturated heterocycles. The van der Waals surface area contributed by atoms with Gasteiger partial charge in [-0.05, 0) is 34.9 Å². The Balaban J connectivity index is 1.90. The second-order valence-electron chi connectivity index (χ2n) is 3.29. The van der Waals surface area contributed by atoms with Crippen molar-refractivity contribution in [1.82, 2.24) is 4.98 Å². The molecule has 0 aliphatic carbocycles. The highest BCUT2D eigenvalue weighted by Gasteiger charge is 2.03. The Morgan fingerprint density at radius 2 is 2.38 bits per heavy atom. The second-order valence-corrected chi connectivity index (χ2v) is 4.51. The maximum Gasteiger partial charge on any atom is 0.166 e. The molecule has 0 atom stereocenters. The topological polar surface area (TPSA) is 24.9 Å². The Bertz CT molecular complexity index is 459. The third-order valence-corrected chi connectivity index (χ3v) is 3.03. The van der Waals surface area contributed by atoms with Gasteiger partial charge >= 0.3 is 0 Å². The van der Waals surface area contributed by atoms with Gasteiger partial charge in [-0.25, -0.2) is 9.37 Å². The molecule has 2 nitrogen and oxygen atoms in total. The van der Waals surface area contributed by atoms with E-state index in [9.17, 15) is 4.39 Å². The minimum atomic E-state index is -0.419.